The molecule has 0 saturated carbocycles. The predicted octanol–water partition coefficient (Wildman–Crippen LogP) is 4.57. The van der Waals surface area contributed by atoms with Crippen LogP contribution in [0.25, 0.3) is 0 Å². The lowest BCUT2D eigenvalue weighted by Crippen LogP contribution is -2.46. The predicted molar refractivity (Wildman–Crippen MR) is 115 cm³/mol. The number of para-hydroxylation sites is 1. The van der Waals surface area contributed by atoms with Crippen molar-refractivity contribution in [3.8, 4) is 5.75 Å². The van der Waals surface area contributed by atoms with Gasteiger partial charge in [0.25, 0.3) is 5.91 Å². The third-order valence-corrected chi connectivity index (χ3v) is 5.45. The van der Waals surface area contributed by atoms with E-state index in [1.807, 2.05) is 35.2 Å². The number of nitrogens with zero attached hydrogens (tertiary/aromatic N) is 1. The molecule has 1 fully saturated rings. The van der Waals surface area contributed by atoms with Crippen LogP contribution in [0.1, 0.15) is 36.0 Å². The molecule has 0 atom stereocenters. The lowest BCUT2D eigenvalue weighted by Gasteiger charge is -2.32. The van der Waals surface area contributed by atoms with Gasteiger partial charge >= 0.3 is 0 Å². The van der Waals surface area contributed by atoms with Crippen LogP contribution >= 0.6 is 23.2 Å². The van der Waals surface area contributed by atoms with Crippen LogP contribution in [0.4, 0.5) is 0 Å². The van der Waals surface area contributed by atoms with E-state index in [1.54, 1.807) is 18.2 Å². The standard InChI is InChI=1S/C22H24Cl2N2O3/c23-16-8-9-19(20(24)15-16)22(28)25-17-10-12-26(13-11-17)21(27)7-4-14-29-18-5-2-1-3-6-18/h1-3,5-6,8-9,15,17H,4,7,10-14H2,(H,25,28). The van der Waals surface area contributed by atoms with Gasteiger partial charge in [0.2, 0.25) is 5.91 Å². The normalized spacial score (nSPS) is 14.5. The molecule has 1 saturated heterocycles. The smallest absolute Gasteiger partial charge is 0.253 e. The summed E-state index contributed by atoms with van der Waals surface area (Å²) in [5.74, 6) is 0.735. The van der Waals surface area contributed by atoms with Gasteiger partial charge in [-0.1, -0.05) is 41.4 Å². The zero-order valence-electron chi connectivity index (χ0n) is 16.1. The first-order valence-electron chi connectivity index (χ1n) is 9.74. The molecule has 1 aliphatic rings. The Labute approximate surface area is 180 Å². The largest absolute Gasteiger partial charge is 0.494 e. The minimum atomic E-state index is -0.213. The van der Waals surface area contributed by atoms with Gasteiger partial charge in [-0.3, -0.25) is 9.59 Å². The Bertz CT molecular complexity index is 837. The van der Waals surface area contributed by atoms with Crippen LogP contribution in [-0.2, 0) is 4.79 Å². The van der Waals surface area contributed by atoms with E-state index in [4.69, 9.17) is 27.9 Å². The summed E-state index contributed by atoms with van der Waals surface area (Å²) in [6.07, 6.45) is 2.59. The topological polar surface area (TPSA) is 58.6 Å². The summed E-state index contributed by atoms with van der Waals surface area (Å²) >= 11 is 12.0. The molecule has 1 aliphatic heterocycles. The Balaban J connectivity index is 1.37. The summed E-state index contributed by atoms with van der Waals surface area (Å²) in [5.41, 5.74) is 0.410. The molecule has 29 heavy (non-hydrogen) atoms. The van der Waals surface area contributed by atoms with Crippen molar-refractivity contribution in [3.05, 3.63) is 64.1 Å². The Kier molecular flexibility index (Phi) is 7.78. The second-order valence-electron chi connectivity index (χ2n) is 7.02. The van der Waals surface area contributed by atoms with E-state index in [0.29, 0.717) is 48.1 Å². The van der Waals surface area contributed by atoms with Crippen LogP contribution in [0, 0.1) is 0 Å². The number of piperidine rings is 1. The minimum Gasteiger partial charge on any atom is -0.494 e. The van der Waals surface area contributed by atoms with Gasteiger partial charge in [0.15, 0.2) is 0 Å². The molecule has 154 valence electrons. The average molecular weight is 435 g/mol. The van der Waals surface area contributed by atoms with Crippen molar-refractivity contribution in [3.63, 3.8) is 0 Å². The molecule has 0 aliphatic carbocycles. The van der Waals surface area contributed by atoms with Crippen LogP contribution in [0.15, 0.2) is 48.5 Å². The Morgan fingerprint density at radius 2 is 1.79 bits per heavy atom. The molecule has 0 bridgehead atoms. The summed E-state index contributed by atoms with van der Waals surface area (Å²) in [4.78, 5) is 26.7. The number of carbonyl (C=O) groups is 2. The molecule has 0 unspecified atom stereocenters. The maximum atomic E-state index is 12.4. The number of likely N-dealkylation sites (tertiary alicyclic amines) is 1. The number of nitrogens with one attached hydrogen (secondary N) is 1. The number of hydrogen-bond donors (Lipinski definition) is 1. The molecule has 2 aromatic carbocycles. The van der Waals surface area contributed by atoms with Crippen LogP contribution in [0.2, 0.25) is 10.0 Å². The Morgan fingerprint density at radius 1 is 1.07 bits per heavy atom. The van der Waals surface area contributed by atoms with E-state index in [-0.39, 0.29) is 17.9 Å². The fraction of sp³-hybridized carbons (Fsp3) is 0.364. The fourth-order valence-electron chi connectivity index (χ4n) is 3.30. The quantitative estimate of drug-likeness (QED) is 0.648. The number of amides is 2. The molecule has 1 N–H and O–H groups in total. The van der Waals surface area contributed by atoms with Gasteiger partial charge in [-0.2, -0.15) is 0 Å². The van der Waals surface area contributed by atoms with Gasteiger partial charge in [-0.25, -0.2) is 0 Å². The Morgan fingerprint density at radius 3 is 2.48 bits per heavy atom. The van der Waals surface area contributed by atoms with Crippen LogP contribution in [0.5, 0.6) is 5.75 Å². The summed E-state index contributed by atoms with van der Waals surface area (Å²) in [6.45, 7) is 1.79. The van der Waals surface area contributed by atoms with Crippen molar-refractivity contribution < 1.29 is 14.3 Å². The van der Waals surface area contributed by atoms with Gasteiger partial charge in [0, 0.05) is 30.6 Å². The molecule has 7 heteroatoms. The minimum absolute atomic E-state index is 0.0275. The number of carbonyl (C=O) groups excluding carboxylic acids is 2. The highest BCUT2D eigenvalue weighted by atomic mass is 35.5. The lowest BCUT2D eigenvalue weighted by atomic mass is 10.0. The summed E-state index contributed by atoms with van der Waals surface area (Å²) in [5, 5.41) is 3.83. The first-order chi connectivity index (χ1) is 14.0. The second kappa shape index (κ2) is 10.5. The van der Waals surface area contributed by atoms with Crippen LogP contribution in [-0.4, -0.2) is 42.5 Å². The molecule has 2 aromatic rings. The molecule has 3 rings (SSSR count). The highest BCUT2D eigenvalue weighted by Gasteiger charge is 2.24. The zero-order valence-corrected chi connectivity index (χ0v) is 17.6. The highest BCUT2D eigenvalue weighted by molar-refractivity contribution is 6.36. The second-order valence-corrected chi connectivity index (χ2v) is 7.86. The van der Waals surface area contributed by atoms with Gasteiger partial charge in [0.05, 0.1) is 17.2 Å². The van der Waals surface area contributed by atoms with Gasteiger partial charge in [0.1, 0.15) is 5.75 Å². The van der Waals surface area contributed by atoms with E-state index in [1.165, 1.54) is 0 Å². The highest BCUT2D eigenvalue weighted by Crippen LogP contribution is 2.21. The molecule has 0 aromatic heterocycles. The van der Waals surface area contributed by atoms with Crippen molar-refractivity contribution in [1.29, 1.82) is 0 Å². The molecule has 5 nitrogen and oxygen atoms in total. The maximum absolute atomic E-state index is 12.4. The van der Waals surface area contributed by atoms with Crippen molar-refractivity contribution in [2.24, 2.45) is 0 Å². The number of benzene rings is 2. The van der Waals surface area contributed by atoms with E-state index >= 15 is 0 Å². The maximum Gasteiger partial charge on any atom is 0.253 e. The average Bonchev–Trinajstić information content (AvgIpc) is 2.72. The van der Waals surface area contributed by atoms with Crippen LogP contribution in [0.3, 0.4) is 0 Å². The molecule has 2 amide bonds. The van der Waals surface area contributed by atoms with E-state index in [0.717, 1.165) is 18.6 Å². The van der Waals surface area contributed by atoms with Gasteiger partial charge in [-0.15, -0.1) is 0 Å². The van der Waals surface area contributed by atoms with Crippen molar-refractivity contribution in [1.82, 2.24) is 10.2 Å². The monoisotopic (exact) mass is 434 g/mol. The SMILES string of the molecule is O=C(NC1CCN(C(=O)CCCOc2ccccc2)CC1)c1ccc(Cl)cc1Cl. The molecule has 0 radical (unpaired) electrons. The number of halogens is 2. The first-order valence-corrected chi connectivity index (χ1v) is 10.5. The molecule has 1 heterocycles. The third-order valence-electron chi connectivity index (χ3n) is 4.91. The van der Waals surface area contributed by atoms with E-state index in [2.05, 4.69) is 5.32 Å². The lowest BCUT2D eigenvalue weighted by molar-refractivity contribution is -0.132. The summed E-state index contributed by atoms with van der Waals surface area (Å²) in [7, 11) is 0. The zero-order chi connectivity index (χ0) is 20.6. The molecular formula is C22H24Cl2N2O3. The van der Waals surface area contributed by atoms with Crippen molar-refractivity contribution in [2.75, 3.05) is 19.7 Å². The molecular weight excluding hydrogens is 411 g/mol. The van der Waals surface area contributed by atoms with Crippen molar-refractivity contribution >= 4 is 35.0 Å². The summed E-state index contributed by atoms with van der Waals surface area (Å²) < 4.78 is 5.63. The van der Waals surface area contributed by atoms with E-state index < -0.39 is 0 Å². The van der Waals surface area contributed by atoms with E-state index in [9.17, 15) is 9.59 Å². The first kappa shape index (κ1) is 21.5. The Hall–Kier alpha value is -2.24. The summed E-state index contributed by atoms with van der Waals surface area (Å²) in [6, 6.07) is 14.4. The van der Waals surface area contributed by atoms with Gasteiger partial charge in [-0.05, 0) is 49.6 Å². The fourth-order valence-corrected chi connectivity index (χ4v) is 3.79. The number of rotatable bonds is 7. The number of hydrogen-bond acceptors (Lipinski definition) is 3. The van der Waals surface area contributed by atoms with Crippen molar-refractivity contribution in [2.45, 2.75) is 31.7 Å². The van der Waals surface area contributed by atoms with Gasteiger partial charge < -0.3 is 15.0 Å². The third kappa shape index (κ3) is 6.38. The van der Waals surface area contributed by atoms with Crippen LogP contribution < -0.4 is 10.1 Å². The number of ether oxygens (including phenoxy) is 1. The molecule has 0 spiro atoms.